The van der Waals surface area contributed by atoms with Crippen molar-refractivity contribution in [3.63, 3.8) is 0 Å². The second-order valence-electron chi connectivity index (χ2n) is 5.33. The zero-order chi connectivity index (χ0) is 15.1. The summed E-state index contributed by atoms with van der Waals surface area (Å²) in [5.41, 5.74) is 1.000. The van der Waals surface area contributed by atoms with Crippen molar-refractivity contribution >= 4 is 34.8 Å². The second kappa shape index (κ2) is 5.22. The fraction of sp³-hybridized carbons (Fsp3) is 0.462. The molecule has 0 aliphatic carbocycles. The van der Waals surface area contributed by atoms with E-state index in [1.54, 1.807) is 6.92 Å². The van der Waals surface area contributed by atoms with E-state index >= 15 is 0 Å². The number of fused-ring (bicyclic) bond motifs is 1. The number of aromatic nitrogens is 3. The van der Waals surface area contributed by atoms with Gasteiger partial charge in [0.2, 0.25) is 0 Å². The molecule has 0 aliphatic heterocycles. The van der Waals surface area contributed by atoms with Gasteiger partial charge < -0.3 is 4.74 Å². The Kier molecular flexibility index (Phi) is 3.93. The standard InChI is InChI=1S/C13H15Cl2N3O2/c1-5-20-12(19)10-9(13(2,3)4)11-16-7(14)6-8(15)18(11)17-10/h6H,5H2,1-4H3. The van der Waals surface area contributed by atoms with Crippen molar-refractivity contribution in [2.24, 2.45) is 0 Å². The van der Waals surface area contributed by atoms with Crippen LogP contribution in [0.25, 0.3) is 5.65 Å². The van der Waals surface area contributed by atoms with Crippen molar-refractivity contribution < 1.29 is 9.53 Å². The SMILES string of the molecule is CCOC(=O)c1nn2c(Cl)cc(Cl)nc2c1C(C)(C)C. The van der Waals surface area contributed by atoms with E-state index in [1.165, 1.54) is 10.6 Å². The van der Waals surface area contributed by atoms with Crippen molar-refractivity contribution in [1.82, 2.24) is 14.6 Å². The van der Waals surface area contributed by atoms with Crippen molar-refractivity contribution in [3.8, 4) is 0 Å². The minimum Gasteiger partial charge on any atom is -0.461 e. The lowest BCUT2D eigenvalue weighted by atomic mass is 9.86. The van der Waals surface area contributed by atoms with Gasteiger partial charge in [-0.3, -0.25) is 0 Å². The summed E-state index contributed by atoms with van der Waals surface area (Å²) in [7, 11) is 0. The molecule has 0 spiro atoms. The molecule has 0 atom stereocenters. The summed E-state index contributed by atoms with van der Waals surface area (Å²) in [6.07, 6.45) is 0. The van der Waals surface area contributed by atoms with E-state index < -0.39 is 5.97 Å². The van der Waals surface area contributed by atoms with Gasteiger partial charge in [-0.2, -0.15) is 5.10 Å². The number of hydrogen-bond donors (Lipinski definition) is 0. The number of esters is 1. The molecule has 0 fully saturated rings. The molecule has 0 bridgehead atoms. The van der Waals surface area contributed by atoms with Gasteiger partial charge in [0.1, 0.15) is 10.3 Å². The molecule has 0 radical (unpaired) electrons. The molecule has 0 unspecified atom stereocenters. The summed E-state index contributed by atoms with van der Waals surface area (Å²) in [6, 6.07) is 1.48. The highest BCUT2D eigenvalue weighted by Gasteiger charge is 2.30. The van der Waals surface area contributed by atoms with Crippen molar-refractivity contribution in [3.05, 3.63) is 27.6 Å². The van der Waals surface area contributed by atoms with Crippen LogP contribution in [0, 0.1) is 0 Å². The highest BCUT2D eigenvalue weighted by atomic mass is 35.5. The predicted molar refractivity (Wildman–Crippen MR) is 77.7 cm³/mol. The van der Waals surface area contributed by atoms with Gasteiger partial charge in [0.25, 0.3) is 0 Å². The number of carbonyl (C=O) groups is 1. The monoisotopic (exact) mass is 315 g/mol. The van der Waals surface area contributed by atoms with Crippen LogP contribution in [0.15, 0.2) is 6.07 Å². The topological polar surface area (TPSA) is 56.5 Å². The van der Waals surface area contributed by atoms with E-state index in [0.29, 0.717) is 16.4 Å². The van der Waals surface area contributed by atoms with E-state index in [4.69, 9.17) is 27.9 Å². The molecule has 7 heteroatoms. The van der Waals surface area contributed by atoms with Crippen LogP contribution < -0.4 is 0 Å². The largest absolute Gasteiger partial charge is 0.461 e. The zero-order valence-corrected chi connectivity index (χ0v) is 13.2. The van der Waals surface area contributed by atoms with E-state index in [9.17, 15) is 4.79 Å². The lowest BCUT2D eigenvalue weighted by molar-refractivity contribution is 0.0516. The second-order valence-corrected chi connectivity index (χ2v) is 6.11. The van der Waals surface area contributed by atoms with Crippen LogP contribution >= 0.6 is 23.2 Å². The maximum Gasteiger partial charge on any atom is 0.359 e. The van der Waals surface area contributed by atoms with E-state index in [2.05, 4.69) is 10.1 Å². The molecule has 0 amide bonds. The zero-order valence-electron chi connectivity index (χ0n) is 11.7. The normalized spacial score (nSPS) is 11.9. The summed E-state index contributed by atoms with van der Waals surface area (Å²) < 4.78 is 6.45. The average molecular weight is 316 g/mol. The Morgan fingerprint density at radius 2 is 2.05 bits per heavy atom. The van der Waals surface area contributed by atoms with Crippen LogP contribution in [0.4, 0.5) is 0 Å². The first-order valence-electron chi connectivity index (χ1n) is 6.18. The highest BCUT2D eigenvalue weighted by Crippen LogP contribution is 2.31. The molecule has 2 aromatic rings. The summed E-state index contributed by atoms with van der Waals surface area (Å²) >= 11 is 12.0. The third-order valence-electron chi connectivity index (χ3n) is 2.73. The van der Waals surface area contributed by atoms with Crippen LogP contribution in [-0.4, -0.2) is 27.2 Å². The Labute approximate surface area is 126 Å². The number of halogens is 2. The summed E-state index contributed by atoms with van der Waals surface area (Å²) in [6.45, 7) is 7.90. The average Bonchev–Trinajstić information content (AvgIpc) is 2.68. The van der Waals surface area contributed by atoms with Gasteiger partial charge in [-0.25, -0.2) is 14.3 Å². The fourth-order valence-electron chi connectivity index (χ4n) is 1.99. The van der Waals surface area contributed by atoms with E-state index in [-0.39, 0.29) is 22.9 Å². The molecule has 2 rings (SSSR count). The summed E-state index contributed by atoms with van der Waals surface area (Å²) in [5, 5.41) is 4.77. The number of nitrogens with zero attached hydrogens (tertiary/aromatic N) is 3. The van der Waals surface area contributed by atoms with Crippen LogP contribution in [0.2, 0.25) is 10.3 Å². The molecule has 0 aromatic carbocycles. The molecular formula is C13H15Cl2N3O2. The third kappa shape index (κ3) is 2.60. The quantitative estimate of drug-likeness (QED) is 0.628. The van der Waals surface area contributed by atoms with Crippen LogP contribution in [0.3, 0.4) is 0 Å². The maximum atomic E-state index is 12.1. The van der Waals surface area contributed by atoms with Gasteiger partial charge in [-0.15, -0.1) is 0 Å². The minimum atomic E-state index is -0.491. The van der Waals surface area contributed by atoms with Gasteiger partial charge in [0, 0.05) is 11.6 Å². The van der Waals surface area contributed by atoms with E-state index in [0.717, 1.165) is 0 Å². The lowest BCUT2D eigenvalue weighted by Gasteiger charge is -2.18. The molecule has 0 N–H and O–H groups in total. The molecule has 5 nitrogen and oxygen atoms in total. The van der Waals surface area contributed by atoms with Crippen LogP contribution in [-0.2, 0) is 10.2 Å². The van der Waals surface area contributed by atoms with Gasteiger partial charge >= 0.3 is 5.97 Å². The number of hydrogen-bond acceptors (Lipinski definition) is 4. The molecule has 108 valence electrons. The number of rotatable bonds is 2. The van der Waals surface area contributed by atoms with Crippen molar-refractivity contribution in [1.29, 1.82) is 0 Å². The molecule has 2 heterocycles. The first kappa shape index (κ1) is 15.1. The summed E-state index contributed by atoms with van der Waals surface area (Å²) in [4.78, 5) is 16.3. The van der Waals surface area contributed by atoms with Gasteiger partial charge in [-0.1, -0.05) is 44.0 Å². The van der Waals surface area contributed by atoms with Crippen LogP contribution in [0.1, 0.15) is 43.7 Å². The summed E-state index contributed by atoms with van der Waals surface area (Å²) in [5.74, 6) is -0.491. The first-order valence-corrected chi connectivity index (χ1v) is 6.93. The van der Waals surface area contributed by atoms with Crippen molar-refractivity contribution in [2.75, 3.05) is 6.61 Å². The smallest absolute Gasteiger partial charge is 0.359 e. The maximum absolute atomic E-state index is 12.1. The minimum absolute atomic E-state index is 0.219. The third-order valence-corrected chi connectivity index (χ3v) is 3.20. The Morgan fingerprint density at radius 1 is 1.40 bits per heavy atom. The molecular weight excluding hydrogens is 301 g/mol. The molecule has 0 saturated carbocycles. The Balaban J connectivity index is 2.81. The first-order chi connectivity index (χ1) is 9.25. The van der Waals surface area contributed by atoms with Crippen molar-refractivity contribution in [2.45, 2.75) is 33.1 Å². The molecule has 20 heavy (non-hydrogen) atoms. The van der Waals surface area contributed by atoms with Gasteiger partial charge in [0.15, 0.2) is 11.3 Å². The Morgan fingerprint density at radius 3 is 2.60 bits per heavy atom. The number of carbonyl (C=O) groups excluding carboxylic acids is 1. The molecule has 2 aromatic heterocycles. The fourth-order valence-corrected chi connectivity index (χ4v) is 2.45. The highest BCUT2D eigenvalue weighted by molar-refractivity contribution is 6.33. The Bertz CT molecular complexity index is 674. The lowest BCUT2D eigenvalue weighted by Crippen LogP contribution is -2.17. The molecule has 0 saturated heterocycles. The van der Waals surface area contributed by atoms with Gasteiger partial charge in [-0.05, 0) is 12.3 Å². The van der Waals surface area contributed by atoms with Crippen LogP contribution in [0.5, 0.6) is 0 Å². The molecule has 0 aliphatic rings. The predicted octanol–water partition coefficient (Wildman–Crippen LogP) is 3.51. The number of ether oxygens (including phenoxy) is 1. The van der Waals surface area contributed by atoms with Gasteiger partial charge in [0.05, 0.1) is 6.61 Å². The van der Waals surface area contributed by atoms with E-state index in [1.807, 2.05) is 20.8 Å². The Hall–Kier alpha value is -1.33.